The zero-order chi connectivity index (χ0) is 16.1. The third-order valence-corrected chi connectivity index (χ3v) is 4.67. The molecule has 0 spiro atoms. The molecule has 0 aliphatic heterocycles. The second-order valence-corrected chi connectivity index (χ2v) is 6.24. The van der Waals surface area contributed by atoms with Crippen molar-refractivity contribution in [3.8, 4) is 6.07 Å². The summed E-state index contributed by atoms with van der Waals surface area (Å²) in [6.45, 7) is 5.91. The van der Waals surface area contributed by atoms with Gasteiger partial charge in [-0.25, -0.2) is 4.39 Å². The van der Waals surface area contributed by atoms with Crippen molar-refractivity contribution in [3.63, 3.8) is 0 Å². The number of benzene rings is 1. The van der Waals surface area contributed by atoms with Gasteiger partial charge in [0.2, 0.25) is 0 Å². The topological polar surface area (TPSA) is 49.6 Å². The summed E-state index contributed by atoms with van der Waals surface area (Å²) in [7, 11) is 0. The van der Waals surface area contributed by atoms with E-state index in [1.165, 1.54) is 17.8 Å². The lowest BCUT2D eigenvalue weighted by atomic mass is 10.1. The standard InChI is InChI=1S/C17H18FN3S/c1-4-12-14(10-19)17(21-20-16(12)5-2)22-11(3)13-8-6-7-9-15(13)18/h6-9,11H,4-5H2,1-3H3. The molecular formula is C17H18FN3S. The van der Waals surface area contributed by atoms with E-state index in [2.05, 4.69) is 16.3 Å². The highest BCUT2D eigenvalue weighted by Crippen LogP contribution is 2.37. The molecule has 114 valence electrons. The van der Waals surface area contributed by atoms with Gasteiger partial charge < -0.3 is 0 Å². The number of aryl methyl sites for hydroxylation is 1. The molecule has 0 radical (unpaired) electrons. The van der Waals surface area contributed by atoms with Gasteiger partial charge in [-0.3, -0.25) is 0 Å². The number of hydrogen-bond acceptors (Lipinski definition) is 4. The van der Waals surface area contributed by atoms with Crippen LogP contribution in [0, 0.1) is 17.1 Å². The number of thioether (sulfide) groups is 1. The van der Waals surface area contributed by atoms with E-state index in [-0.39, 0.29) is 11.1 Å². The first-order valence-corrected chi connectivity index (χ1v) is 8.19. The fraction of sp³-hybridized carbons (Fsp3) is 0.353. The van der Waals surface area contributed by atoms with Crippen molar-refractivity contribution in [2.75, 3.05) is 0 Å². The van der Waals surface area contributed by atoms with Gasteiger partial charge >= 0.3 is 0 Å². The molecule has 0 amide bonds. The van der Waals surface area contributed by atoms with E-state index < -0.39 is 0 Å². The van der Waals surface area contributed by atoms with Crippen molar-refractivity contribution < 1.29 is 4.39 Å². The summed E-state index contributed by atoms with van der Waals surface area (Å²) in [5, 5.41) is 18.3. The molecule has 0 bridgehead atoms. The highest BCUT2D eigenvalue weighted by atomic mass is 32.2. The third-order valence-electron chi connectivity index (χ3n) is 3.56. The Kier molecular flexibility index (Phi) is 5.51. The van der Waals surface area contributed by atoms with Crippen LogP contribution in [0.3, 0.4) is 0 Å². The van der Waals surface area contributed by atoms with Crippen LogP contribution in [0.15, 0.2) is 29.3 Å². The van der Waals surface area contributed by atoms with E-state index in [4.69, 9.17) is 0 Å². The predicted octanol–water partition coefficient (Wildman–Crippen LogP) is 4.47. The van der Waals surface area contributed by atoms with Gasteiger partial charge in [0.25, 0.3) is 0 Å². The van der Waals surface area contributed by atoms with Crippen molar-refractivity contribution in [1.82, 2.24) is 10.2 Å². The van der Waals surface area contributed by atoms with Gasteiger partial charge in [-0.05, 0) is 31.4 Å². The maximum atomic E-state index is 13.9. The highest BCUT2D eigenvalue weighted by Gasteiger charge is 2.19. The summed E-state index contributed by atoms with van der Waals surface area (Å²) in [6.07, 6.45) is 1.49. The molecule has 1 atom stereocenters. The summed E-state index contributed by atoms with van der Waals surface area (Å²) in [4.78, 5) is 0. The SMILES string of the molecule is CCc1nnc(SC(C)c2ccccc2F)c(C#N)c1CC. The van der Waals surface area contributed by atoms with Crippen molar-refractivity contribution >= 4 is 11.8 Å². The van der Waals surface area contributed by atoms with Gasteiger partial charge in [-0.15, -0.1) is 5.10 Å². The van der Waals surface area contributed by atoms with Gasteiger partial charge in [0.1, 0.15) is 16.9 Å². The van der Waals surface area contributed by atoms with Gasteiger partial charge in [0.05, 0.1) is 11.3 Å². The number of aromatic nitrogens is 2. The Morgan fingerprint density at radius 3 is 2.55 bits per heavy atom. The predicted molar refractivity (Wildman–Crippen MR) is 86.2 cm³/mol. The van der Waals surface area contributed by atoms with Crippen LogP contribution in [0.25, 0.3) is 0 Å². The van der Waals surface area contributed by atoms with E-state index in [1.54, 1.807) is 12.1 Å². The lowest BCUT2D eigenvalue weighted by Gasteiger charge is -2.14. The third kappa shape index (κ3) is 3.28. The van der Waals surface area contributed by atoms with E-state index >= 15 is 0 Å². The Labute approximate surface area is 134 Å². The molecule has 5 heteroatoms. The molecule has 2 rings (SSSR count). The van der Waals surface area contributed by atoms with E-state index in [9.17, 15) is 9.65 Å². The van der Waals surface area contributed by atoms with Crippen LogP contribution in [0.2, 0.25) is 0 Å². The number of hydrogen-bond donors (Lipinski definition) is 0. The van der Waals surface area contributed by atoms with Crippen LogP contribution in [-0.2, 0) is 12.8 Å². The quantitative estimate of drug-likeness (QED) is 0.764. The molecular weight excluding hydrogens is 297 g/mol. The maximum Gasteiger partial charge on any atom is 0.137 e. The molecule has 0 N–H and O–H groups in total. The van der Waals surface area contributed by atoms with Gasteiger partial charge in [-0.2, -0.15) is 10.4 Å². The fourth-order valence-electron chi connectivity index (χ4n) is 2.39. The van der Waals surface area contributed by atoms with Gasteiger partial charge in [-0.1, -0.05) is 43.8 Å². The van der Waals surface area contributed by atoms with Gasteiger partial charge in [0, 0.05) is 10.8 Å². The minimum absolute atomic E-state index is 0.139. The zero-order valence-corrected chi connectivity index (χ0v) is 13.7. The first kappa shape index (κ1) is 16.4. The molecule has 0 aliphatic rings. The Hall–Kier alpha value is -1.93. The fourth-order valence-corrected chi connectivity index (χ4v) is 3.42. The molecule has 0 saturated heterocycles. The number of rotatable bonds is 5. The molecule has 0 saturated carbocycles. The zero-order valence-electron chi connectivity index (χ0n) is 12.9. The lowest BCUT2D eigenvalue weighted by molar-refractivity contribution is 0.611. The average molecular weight is 315 g/mol. The summed E-state index contributed by atoms with van der Waals surface area (Å²) in [5.41, 5.74) is 2.99. The Morgan fingerprint density at radius 1 is 1.23 bits per heavy atom. The molecule has 0 aliphatic carbocycles. The van der Waals surface area contributed by atoms with Crippen LogP contribution in [0.4, 0.5) is 4.39 Å². The molecule has 1 aromatic heterocycles. The maximum absolute atomic E-state index is 13.9. The van der Waals surface area contributed by atoms with Crippen LogP contribution in [0.5, 0.6) is 0 Å². The Balaban J connectivity index is 2.38. The average Bonchev–Trinajstić information content (AvgIpc) is 2.54. The molecule has 1 aromatic carbocycles. The first-order valence-electron chi connectivity index (χ1n) is 7.31. The first-order chi connectivity index (χ1) is 10.6. The van der Waals surface area contributed by atoms with E-state index in [0.717, 1.165) is 24.1 Å². The molecule has 3 nitrogen and oxygen atoms in total. The van der Waals surface area contributed by atoms with Crippen LogP contribution in [-0.4, -0.2) is 10.2 Å². The van der Waals surface area contributed by atoms with Gasteiger partial charge in [0.15, 0.2) is 0 Å². The minimum Gasteiger partial charge on any atom is -0.207 e. The number of halogens is 1. The smallest absolute Gasteiger partial charge is 0.137 e. The molecule has 2 aromatic rings. The molecule has 1 heterocycles. The summed E-state index contributed by atoms with van der Waals surface area (Å²) >= 11 is 1.37. The monoisotopic (exact) mass is 315 g/mol. The van der Waals surface area contributed by atoms with Crippen molar-refractivity contribution in [2.45, 2.75) is 43.9 Å². The van der Waals surface area contributed by atoms with Crippen LogP contribution in [0.1, 0.15) is 48.4 Å². The van der Waals surface area contributed by atoms with Crippen LogP contribution >= 0.6 is 11.8 Å². The van der Waals surface area contributed by atoms with Crippen LogP contribution < -0.4 is 0 Å². The minimum atomic E-state index is -0.241. The largest absolute Gasteiger partial charge is 0.207 e. The molecule has 22 heavy (non-hydrogen) atoms. The number of nitrogens with zero attached hydrogens (tertiary/aromatic N) is 3. The van der Waals surface area contributed by atoms with Crippen molar-refractivity contribution in [3.05, 3.63) is 52.5 Å². The normalized spacial score (nSPS) is 12.0. The molecule has 1 unspecified atom stereocenters. The second-order valence-electron chi connectivity index (χ2n) is 4.91. The summed E-state index contributed by atoms with van der Waals surface area (Å²) in [5.74, 6) is -0.241. The Morgan fingerprint density at radius 2 is 1.95 bits per heavy atom. The van der Waals surface area contributed by atoms with E-state index in [1.807, 2.05) is 26.8 Å². The number of nitriles is 1. The summed E-state index contributed by atoms with van der Waals surface area (Å²) in [6, 6.07) is 8.93. The van der Waals surface area contributed by atoms with Crippen molar-refractivity contribution in [2.24, 2.45) is 0 Å². The molecule has 0 fully saturated rings. The second kappa shape index (κ2) is 7.37. The van der Waals surface area contributed by atoms with E-state index in [0.29, 0.717) is 16.2 Å². The highest BCUT2D eigenvalue weighted by molar-refractivity contribution is 7.99. The summed E-state index contributed by atoms with van der Waals surface area (Å²) < 4.78 is 13.9. The van der Waals surface area contributed by atoms with Crippen molar-refractivity contribution in [1.29, 1.82) is 5.26 Å². The lowest BCUT2D eigenvalue weighted by Crippen LogP contribution is -2.05. The Bertz CT molecular complexity index is 710.